The first-order valence-corrected chi connectivity index (χ1v) is 7.19. The van der Waals surface area contributed by atoms with Crippen molar-refractivity contribution in [3.8, 4) is 11.5 Å². The zero-order chi connectivity index (χ0) is 21.2. The first kappa shape index (κ1) is 19.9. The van der Waals surface area contributed by atoms with Gasteiger partial charge < -0.3 is 30.3 Å². The summed E-state index contributed by atoms with van der Waals surface area (Å²) in [5, 5.41) is 45.5. The molecule has 0 heterocycles. The third-order valence-corrected chi connectivity index (χ3v) is 3.49. The van der Waals surface area contributed by atoms with Crippen LogP contribution in [0.3, 0.4) is 0 Å². The molecule has 144 valence electrons. The van der Waals surface area contributed by atoms with Crippen LogP contribution in [0.5, 0.6) is 11.5 Å². The number of carboxylic acid groups (broad SMARTS) is 5. The van der Waals surface area contributed by atoms with Crippen LogP contribution in [-0.4, -0.2) is 55.4 Å². The Kier molecular flexibility index (Phi) is 5.30. The Morgan fingerprint density at radius 3 is 1.43 bits per heavy atom. The third kappa shape index (κ3) is 3.88. The molecule has 0 aliphatic rings. The molecular formula is C17H10O11. The molecule has 0 unspecified atom stereocenters. The molecule has 2 aromatic rings. The Balaban J connectivity index is 2.64. The summed E-state index contributed by atoms with van der Waals surface area (Å²) in [5.41, 5.74) is -3.44. The molecule has 28 heavy (non-hydrogen) atoms. The van der Waals surface area contributed by atoms with Gasteiger partial charge in [0.2, 0.25) is 0 Å². The van der Waals surface area contributed by atoms with Gasteiger partial charge in [0.05, 0.1) is 22.3 Å². The van der Waals surface area contributed by atoms with E-state index in [1.165, 1.54) is 0 Å². The normalized spacial score (nSPS) is 10.1. The van der Waals surface area contributed by atoms with E-state index >= 15 is 0 Å². The summed E-state index contributed by atoms with van der Waals surface area (Å²) in [6.07, 6.45) is 0. The predicted molar refractivity (Wildman–Crippen MR) is 87.8 cm³/mol. The molecule has 0 bridgehead atoms. The molecule has 0 saturated heterocycles. The van der Waals surface area contributed by atoms with E-state index in [1.807, 2.05) is 0 Å². The largest absolute Gasteiger partial charge is 0.478 e. The first-order chi connectivity index (χ1) is 13.0. The molecule has 0 amide bonds. The Morgan fingerprint density at radius 1 is 0.536 bits per heavy atom. The number of aromatic carboxylic acids is 5. The van der Waals surface area contributed by atoms with E-state index in [2.05, 4.69) is 0 Å². The number of carboxylic acids is 5. The summed E-state index contributed by atoms with van der Waals surface area (Å²) in [6, 6.07) is 4.01. The highest BCUT2D eigenvalue weighted by Gasteiger charge is 2.24. The fourth-order valence-corrected chi connectivity index (χ4v) is 2.26. The monoisotopic (exact) mass is 390 g/mol. The number of hydrogen-bond acceptors (Lipinski definition) is 6. The van der Waals surface area contributed by atoms with Gasteiger partial charge in [-0.2, -0.15) is 0 Å². The fourth-order valence-electron chi connectivity index (χ4n) is 2.26. The molecule has 0 radical (unpaired) electrons. The highest BCUT2D eigenvalue weighted by atomic mass is 16.5. The van der Waals surface area contributed by atoms with Gasteiger partial charge in [-0.05, 0) is 30.3 Å². The lowest BCUT2D eigenvalue weighted by Crippen LogP contribution is -2.12. The van der Waals surface area contributed by atoms with Crippen molar-refractivity contribution < 1.29 is 54.2 Å². The molecule has 0 fully saturated rings. The summed E-state index contributed by atoms with van der Waals surface area (Å²) < 4.78 is 5.23. The maximum atomic E-state index is 11.4. The van der Waals surface area contributed by atoms with Crippen molar-refractivity contribution in [2.24, 2.45) is 0 Å². The summed E-state index contributed by atoms with van der Waals surface area (Å²) in [5.74, 6) is -8.95. The van der Waals surface area contributed by atoms with Gasteiger partial charge in [0.1, 0.15) is 17.1 Å². The summed E-state index contributed by atoms with van der Waals surface area (Å²) in [4.78, 5) is 56.1. The zero-order valence-electron chi connectivity index (χ0n) is 13.6. The Morgan fingerprint density at radius 2 is 0.964 bits per heavy atom. The molecule has 2 aromatic carbocycles. The van der Waals surface area contributed by atoms with Crippen LogP contribution in [0.25, 0.3) is 0 Å². The van der Waals surface area contributed by atoms with Gasteiger partial charge in [-0.15, -0.1) is 0 Å². The van der Waals surface area contributed by atoms with Gasteiger partial charge in [0.25, 0.3) is 0 Å². The second-order valence-electron chi connectivity index (χ2n) is 5.23. The minimum atomic E-state index is -1.68. The van der Waals surface area contributed by atoms with Crippen LogP contribution in [0.4, 0.5) is 0 Å². The minimum Gasteiger partial charge on any atom is -0.478 e. The topological polar surface area (TPSA) is 196 Å². The van der Waals surface area contributed by atoms with Crippen LogP contribution in [-0.2, 0) is 0 Å². The number of rotatable bonds is 7. The SMILES string of the molecule is O=C(O)c1cc(C(=O)O)c(C(=O)O)cc1Oc1ccc(C(=O)O)c(C(=O)O)c1. The quantitative estimate of drug-likeness (QED) is 0.463. The van der Waals surface area contributed by atoms with Crippen molar-refractivity contribution in [1.29, 1.82) is 0 Å². The maximum Gasteiger partial charge on any atom is 0.339 e. The minimum absolute atomic E-state index is 0.302. The van der Waals surface area contributed by atoms with Crippen molar-refractivity contribution in [1.82, 2.24) is 0 Å². The molecule has 0 aliphatic heterocycles. The standard InChI is InChI=1S/C17H10O11/c18-13(19)7-2-1-6(3-8(7)14(20)21)28-12-5-10(16(24)25)9(15(22)23)4-11(12)17(26)27/h1-5H,(H,18,19)(H,20,21)(H,22,23)(H,24,25)(H,26,27). The summed E-state index contributed by atoms with van der Waals surface area (Å²) in [7, 11) is 0. The number of hydrogen-bond donors (Lipinski definition) is 5. The lowest BCUT2D eigenvalue weighted by atomic mass is 10.0. The Bertz CT molecular complexity index is 1040. The van der Waals surface area contributed by atoms with Crippen molar-refractivity contribution in [2.75, 3.05) is 0 Å². The highest BCUT2D eigenvalue weighted by molar-refractivity contribution is 6.05. The maximum absolute atomic E-state index is 11.4. The first-order valence-electron chi connectivity index (χ1n) is 7.19. The second-order valence-corrected chi connectivity index (χ2v) is 5.23. The van der Waals surface area contributed by atoms with Crippen molar-refractivity contribution in [2.45, 2.75) is 0 Å². The van der Waals surface area contributed by atoms with Gasteiger partial charge in [0, 0.05) is 0 Å². The lowest BCUT2D eigenvalue weighted by molar-refractivity contribution is 0.0648. The average molecular weight is 390 g/mol. The number of carbonyl (C=O) groups is 5. The molecule has 0 aliphatic carbocycles. The molecule has 11 nitrogen and oxygen atoms in total. The summed E-state index contributed by atoms with van der Waals surface area (Å²) in [6.45, 7) is 0. The summed E-state index contributed by atoms with van der Waals surface area (Å²) >= 11 is 0. The lowest BCUT2D eigenvalue weighted by Gasteiger charge is -2.13. The Hall–Kier alpha value is -4.41. The predicted octanol–water partition coefficient (Wildman–Crippen LogP) is 1.97. The van der Waals surface area contributed by atoms with E-state index in [9.17, 15) is 29.1 Å². The molecule has 0 saturated carbocycles. The average Bonchev–Trinajstić information content (AvgIpc) is 2.60. The molecule has 0 spiro atoms. The van der Waals surface area contributed by atoms with Crippen LogP contribution in [0.2, 0.25) is 0 Å². The van der Waals surface area contributed by atoms with E-state index in [0.29, 0.717) is 12.1 Å². The van der Waals surface area contributed by atoms with E-state index in [0.717, 1.165) is 18.2 Å². The van der Waals surface area contributed by atoms with Gasteiger partial charge in [-0.3, -0.25) is 0 Å². The van der Waals surface area contributed by atoms with E-state index in [-0.39, 0.29) is 5.75 Å². The molecule has 2 rings (SSSR count). The number of benzene rings is 2. The van der Waals surface area contributed by atoms with Crippen molar-refractivity contribution in [3.05, 3.63) is 58.1 Å². The Labute approximate surface area is 154 Å². The molecular weight excluding hydrogens is 380 g/mol. The molecule has 0 atom stereocenters. The van der Waals surface area contributed by atoms with Crippen LogP contribution in [0.1, 0.15) is 51.8 Å². The van der Waals surface area contributed by atoms with Crippen molar-refractivity contribution in [3.63, 3.8) is 0 Å². The second kappa shape index (κ2) is 7.45. The smallest absolute Gasteiger partial charge is 0.339 e. The molecule has 0 aromatic heterocycles. The highest BCUT2D eigenvalue weighted by Crippen LogP contribution is 2.30. The van der Waals surface area contributed by atoms with Gasteiger partial charge in [-0.25, -0.2) is 24.0 Å². The van der Waals surface area contributed by atoms with Gasteiger partial charge in [0.15, 0.2) is 0 Å². The third-order valence-electron chi connectivity index (χ3n) is 3.49. The van der Waals surface area contributed by atoms with Gasteiger partial charge >= 0.3 is 29.8 Å². The van der Waals surface area contributed by atoms with E-state index in [1.54, 1.807) is 0 Å². The van der Waals surface area contributed by atoms with Crippen molar-refractivity contribution >= 4 is 29.8 Å². The van der Waals surface area contributed by atoms with Gasteiger partial charge in [-0.1, -0.05) is 0 Å². The van der Waals surface area contributed by atoms with Crippen LogP contribution in [0, 0.1) is 0 Å². The van der Waals surface area contributed by atoms with E-state index in [4.69, 9.17) is 25.2 Å². The number of ether oxygens (including phenoxy) is 1. The fraction of sp³-hybridized carbons (Fsp3) is 0. The van der Waals surface area contributed by atoms with Crippen LogP contribution >= 0.6 is 0 Å². The van der Waals surface area contributed by atoms with Crippen LogP contribution < -0.4 is 4.74 Å². The molecule has 5 N–H and O–H groups in total. The zero-order valence-corrected chi connectivity index (χ0v) is 13.6. The molecule has 11 heteroatoms. The van der Waals surface area contributed by atoms with Crippen LogP contribution in [0.15, 0.2) is 30.3 Å². The van der Waals surface area contributed by atoms with E-state index < -0.39 is 63.4 Å².